The van der Waals surface area contributed by atoms with Gasteiger partial charge in [-0.15, -0.1) is 24.0 Å². The lowest BCUT2D eigenvalue weighted by Crippen LogP contribution is -2.26. The number of rotatable bonds is 7. The SMILES string of the molecule is Cc1cc(OCCN(C)CCCl)c(C(C)C)cc1Cl.Cl. The van der Waals surface area contributed by atoms with Gasteiger partial charge in [-0.3, -0.25) is 0 Å². The normalized spacial score (nSPS) is 10.8. The van der Waals surface area contributed by atoms with Crippen molar-refractivity contribution in [3.05, 3.63) is 28.3 Å². The fourth-order valence-electron chi connectivity index (χ4n) is 1.81. The number of likely N-dealkylation sites (N-methyl/N-ethyl adjacent to an activating group) is 1. The number of hydrogen-bond donors (Lipinski definition) is 0. The van der Waals surface area contributed by atoms with Gasteiger partial charge in [0, 0.05) is 24.0 Å². The Bertz CT molecular complexity index is 410. The highest BCUT2D eigenvalue weighted by atomic mass is 35.5. The van der Waals surface area contributed by atoms with Crippen LogP contribution in [0.4, 0.5) is 0 Å². The van der Waals surface area contributed by atoms with Crippen LogP contribution in [0.1, 0.15) is 30.9 Å². The average Bonchev–Trinajstić information content (AvgIpc) is 2.33. The maximum absolute atomic E-state index is 6.18. The van der Waals surface area contributed by atoms with Crippen molar-refractivity contribution in [2.24, 2.45) is 0 Å². The Hall–Kier alpha value is -0.150. The van der Waals surface area contributed by atoms with E-state index in [2.05, 4.69) is 18.7 Å². The summed E-state index contributed by atoms with van der Waals surface area (Å²) in [7, 11) is 2.04. The number of ether oxygens (including phenoxy) is 1. The quantitative estimate of drug-likeness (QED) is 0.665. The highest BCUT2D eigenvalue weighted by Crippen LogP contribution is 2.31. The molecule has 20 heavy (non-hydrogen) atoms. The molecule has 1 rings (SSSR count). The number of hydrogen-bond acceptors (Lipinski definition) is 2. The maximum atomic E-state index is 6.18. The van der Waals surface area contributed by atoms with Crippen LogP contribution in [0.5, 0.6) is 5.75 Å². The van der Waals surface area contributed by atoms with Crippen LogP contribution >= 0.6 is 35.6 Å². The zero-order chi connectivity index (χ0) is 14.4. The second kappa shape index (κ2) is 9.73. The average molecular weight is 341 g/mol. The molecule has 0 aliphatic rings. The summed E-state index contributed by atoms with van der Waals surface area (Å²) in [5.41, 5.74) is 2.21. The summed E-state index contributed by atoms with van der Waals surface area (Å²) in [5, 5.41) is 0.801. The summed E-state index contributed by atoms with van der Waals surface area (Å²) in [5.74, 6) is 1.98. The highest BCUT2D eigenvalue weighted by molar-refractivity contribution is 6.31. The summed E-state index contributed by atoms with van der Waals surface area (Å²) < 4.78 is 5.91. The minimum Gasteiger partial charge on any atom is -0.492 e. The zero-order valence-corrected chi connectivity index (χ0v) is 14.9. The molecule has 0 aliphatic heterocycles. The third-order valence-electron chi connectivity index (χ3n) is 3.11. The van der Waals surface area contributed by atoms with Gasteiger partial charge in [0.25, 0.3) is 0 Å². The molecule has 0 aliphatic carbocycles. The number of nitrogens with zero attached hydrogens (tertiary/aromatic N) is 1. The van der Waals surface area contributed by atoms with Crippen LogP contribution in [0.3, 0.4) is 0 Å². The van der Waals surface area contributed by atoms with E-state index >= 15 is 0 Å². The third-order valence-corrected chi connectivity index (χ3v) is 3.69. The Labute approximate surface area is 138 Å². The van der Waals surface area contributed by atoms with E-state index in [-0.39, 0.29) is 12.4 Å². The Morgan fingerprint density at radius 3 is 2.45 bits per heavy atom. The van der Waals surface area contributed by atoms with Gasteiger partial charge in [-0.2, -0.15) is 0 Å². The van der Waals surface area contributed by atoms with Crippen molar-refractivity contribution in [3.63, 3.8) is 0 Å². The lowest BCUT2D eigenvalue weighted by molar-refractivity contribution is 0.242. The molecule has 0 unspecified atom stereocenters. The van der Waals surface area contributed by atoms with Gasteiger partial charge >= 0.3 is 0 Å². The van der Waals surface area contributed by atoms with Crippen LogP contribution in [0.15, 0.2) is 12.1 Å². The van der Waals surface area contributed by atoms with Crippen molar-refractivity contribution in [1.82, 2.24) is 4.90 Å². The number of aryl methyl sites for hydroxylation is 1. The Balaban J connectivity index is 0.00000361. The molecule has 1 aromatic carbocycles. The molecule has 0 radical (unpaired) electrons. The molecular formula is C15H24Cl3NO. The first-order chi connectivity index (χ1) is 8.95. The summed E-state index contributed by atoms with van der Waals surface area (Å²) in [6.07, 6.45) is 0. The smallest absolute Gasteiger partial charge is 0.123 e. The summed E-state index contributed by atoms with van der Waals surface area (Å²) in [6, 6.07) is 4.04. The minimum atomic E-state index is 0. The fraction of sp³-hybridized carbons (Fsp3) is 0.600. The monoisotopic (exact) mass is 339 g/mol. The predicted octanol–water partition coefficient (Wildman–Crippen LogP) is 4.74. The molecule has 0 heterocycles. The Morgan fingerprint density at radius 1 is 1.25 bits per heavy atom. The van der Waals surface area contributed by atoms with Crippen LogP contribution in [-0.4, -0.2) is 37.5 Å². The molecule has 0 spiro atoms. The van der Waals surface area contributed by atoms with Crippen molar-refractivity contribution in [2.45, 2.75) is 26.7 Å². The standard InChI is InChI=1S/C15H23Cl2NO.ClH/c1-11(2)13-10-14(17)12(3)9-15(13)19-8-7-18(4)6-5-16;/h9-11H,5-8H2,1-4H3;1H. The second-order valence-corrected chi connectivity index (χ2v) is 5.92. The Morgan fingerprint density at radius 2 is 1.90 bits per heavy atom. The van der Waals surface area contributed by atoms with Gasteiger partial charge in [0.1, 0.15) is 12.4 Å². The third kappa shape index (κ3) is 6.09. The van der Waals surface area contributed by atoms with E-state index in [1.165, 1.54) is 0 Å². The van der Waals surface area contributed by atoms with Crippen LogP contribution in [0.2, 0.25) is 5.02 Å². The minimum absolute atomic E-state index is 0. The van der Waals surface area contributed by atoms with Gasteiger partial charge in [-0.25, -0.2) is 0 Å². The molecule has 0 fully saturated rings. The molecule has 0 bridgehead atoms. The van der Waals surface area contributed by atoms with E-state index in [1.54, 1.807) is 0 Å². The van der Waals surface area contributed by atoms with Crippen molar-refractivity contribution in [3.8, 4) is 5.75 Å². The van der Waals surface area contributed by atoms with E-state index in [1.807, 2.05) is 26.1 Å². The largest absolute Gasteiger partial charge is 0.492 e. The van der Waals surface area contributed by atoms with E-state index in [0.717, 1.165) is 35.0 Å². The molecule has 0 N–H and O–H groups in total. The summed E-state index contributed by atoms with van der Waals surface area (Å²) >= 11 is 11.9. The topological polar surface area (TPSA) is 12.5 Å². The van der Waals surface area contributed by atoms with Gasteiger partial charge in [0.15, 0.2) is 0 Å². The van der Waals surface area contributed by atoms with Crippen molar-refractivity contribution >= 4 is 35.6 Å². The van der Waals surface area contributed by atoms with Crippen LogP contribution in [0.25, 0.3) is 0 Å². The van der Waals surface area contributed by atoms with Gasteiger partial charge in [0.2, 0.25) is 0 Å². The molecule has 0 atom stereocenters. The van der Waals surface area contributed by atoms with Gasteiger partial charge in [0.05, 0.1) is 0 Å². The molecule has 1 aromatic rings. The molecule has 2 nitrogen and oxygen atoms in total. The van der Waals surface area contributed by atoms with E-state index < -0.39 is 0 Å². The van der Waals surface area contributed by atoms with E-state index in [4.69, 9.17) is 27.9 Å². The molecule has 0 aromatic heterocycles. The van der Waals surface area contributed by atoms with Crippen LogP contribution in [0, 0.1) is 6.92 Å². The first-order valence-electron chi connectivity index (χ1n) is 6.63. The number of alkyl halides is 1. The summed E-state index contributed by atoms with van der Waals surface area (Å²) in [6.45, 7) is 8.70. The molecule has 0 saturated heterocycles. The lowest BCUT2D eigenvalue weighted by atomic mass is 10.0. The van der Waals surface area contributed by atoms with E-state index in [9.17, 15) is 0 Å². The van der Waals surface area contributed by atoms with Crippen LogP contribution in [-0.2, 0) is 0 Å². The van der Waals surface area contributed by atoms with Crippen LogP contribution < -0.4 is 4.74 Å². The number of benzene rings is 1. The lowest BCUT2D eigenvalue weighted by Gasteiger charge is -2.19. The van der Waals surface area contributed by atoms with Crippen molar-refractivity contribution < 1.29 is 4.74 Å². The van der Waals surface area contributed by atoms with Gasteiger partial charge in [-0.1, -0.05) is 25.4 Å². The predicted molar refractivity (Wildman–Crippen MR) is 91.2 cm³/mol. The zero-order valence-electron chi connectivity index (χ0n) is 12.6. The highest BCUT2D eigenvalue weighted by Gasteiger charge is 2.11. The van der Waals surface area contributed by atoms with Crippen molar-refractivity contribution in [1.29, 1.82) is 0 Å². The maximum Gasteiger partial charge on any atom is 0.123 e. The van der Waals surface area contributed by atoms with Gasteiger partial charge < -0.3 is 9.64 Å². The number of halogens is 3. The first kappa shape index (κ1) is 19.9. The molecule has 5 heteroatoms. The Kier molecular flexibility index (Phi) is 9.65. The molecule has 116 valence electrons. The molecule has 0 saturated carbocycles. The first-order valence-corrected chi connectivity index (χ1v) is 7.54. The molecular weight excluding hydrogens is 317 g/mol. The van der Waals surface area contributed by atoms with Crippen molar-refractivity contribution in [2.75, 3.05) is 32.6 Å². The summed E-state index contributed by atoms with van der Waals surface area (Å²) in [4.78, 5) is 2.16. The van der Waals surface area contributed by atoms with Gasteiger partial charge in [-0.05, 0) is 43.1 Å². The molecule has 0 amide bonds. The fourth-order valence-corrected chi connectivity index (χ4v) is 2.27. The van der Waals surface area contributed by atoms with E-state index in [0.29, 0.717) is 18.4 Å². The second-order valence-electron chi connectivity index (χ2n) is 5.13.